The van der Waals surface area contributed by atoms with E-state index in [0.717, 1.165) is 27.8 Å². The molecule has 0 aliphatic carbocycles. The van der Waals surface area contributed by atoms with Gasteiger partial charge in [-0.15, -0.1) is 5.10 Å². The minimum Gasteiger partial charge on any atom is -0.479 e. The Morgan fingerprint density at radius 1 is 0.821 bits per heavy atom. The van der Waals surface area contributed by atoms with Crippen molar-refractivity contribution in [3.8, 4) is 11.1 Å². The van der Waals surface area contributed by atoms with E-state index in [0.29, 0.717) is 17.6 Å². The summed E-state index contributed by atoms with van der Waals surface area (Å²) in [5.74, 6) is -1.59. The van der Waals surface area contributed by atoms with Crippen molar-refractivity contribution in [2.75, 3.05) is 6.54 Å². The van der Waals surface area contributed by atoms with Gasteiger partial charge in [0.05, 0.1) is 12.1 Å². The van der Waals surface area contributed by atoms with Gasteiger partial charge >= 0.3 is 5.97 Å². The molecule has 0 aliphatic rings. The summed E-state index contributed by atoms with van der Waals surface area (Å²) in [7, 11) is 0. The highest BCUT2D eigenvalue weighted by molar-refractivity contribution is 5.97. The van der Waals surface area contributed by atoms with E-state index < -0.39 is 12.1 Å². The summed E-state index contributed by atoms with van der Waals surface area (Å²) in [5.41, 5.74) is 5.95. The standard InChI is InChI=1S/C31H28N4O4/c36-29(31(38)39)17-18-34(20-23-11-13-25(14-12-23)24-9-5-2-6-10-24)30(37)26-15-16-28-27(19-26)32-33-35(28)21-22-7-3-1-4-8-22/h1-16,19,29,36H,17-18,20-21H2,(H,38,39)/t29-/m1/s1. The molecule has 5 rings (SSSR count). The Morgan fingerprint density at radius 2 is 1.49 bits per heavy atom. The topological polar surface area (TPSA) is 109 Å². The van der Waals surface area contributed by atoms with Crippen LogP contribution in [0.2, 0.25) is 0 Å². The normalized spacial score (nSPS) is 11.8. The molecule has 1 heterocycles. The second kappa shape index (κ2) is 11.7. The summed E-state index contributed by atoms with van der Waals surface area (Å²) in [6.45, 7) is 0.896. The highest BCUT2D eigenvalue weighted by atomic mass is 16.4. The lowest BCUT2D eigenvalue weighted by Gasteiger charge is -2.24. The Morgan fingerprint density at radius 3 is 2.18 bits per heavy atom. The zero-order valence-corrected chi connectivity index (χ0v) is 21.2. The molecule has 39 heavy (non-hydrogen) atoms. The molecule has 196 valence electrons. The van der Waals surface area contributed by atoms with Crippen molar-refractivity contribution in [1.82, 2.24) is 19.9 Å². The summed E-state index contributed by atoms with van der Waals surface area (Å²) in [5, 5.41) is 27.5. The van der Waals surface area contributed by atoms with E-state index in [-0.39, 0.29) is 25.4 Å². The summed E-state index contributed by atoms with van der Waals surface area (Å²) in [6.07, 6.45) is -1.64. The first kappa shape index (κ1) is 25.8. The number of carboxylic acid groups (broad SMARTS) is 1. The number of aliphatic carboxylic acids is 1. The van der Waals surface area contributed by atoms with Gasteiger partial charge in [-0.25, -0.2) is 9.48 Å². The van der Waals surface area contributed by atoms with Gasteiger partial charge in [0.25, 0.3) is 5.91 Å². The fourth-order valence-corrected chi connectivity index (χ4v) is 4.47. The average molecular weight is 521 g/mol. The minimum atomic E-state index is -1.55. The van der Waals surface area contributed by atoms with E-state index in [2.05, 4.69) is 10.3 Å². The first-order chi connectivity index (χ1) is 19.0. The Hall–Kier alpha value is -4.82. The predicted molar refractivity (Wildman–Crippen MR) is 148 cm³/mol. The molecule has 0 aliphatic heterocycles. The van der Waals surface area contributed by atoms with Crippen molar-refractivity contribution in [3.05, 3.63) is 120 Å². The van der Waals surface area contributed by atoms with Crippen LogP contribution in [0.4, 0.5) is 0 Å². The Labute approximate surface area is 225 Å². The average Bonchev–Trinajstić information content (AvgIpc) is 3.37. The van der Waals surface area contributed by atoms with Crippen LogP contribution >= 0.6 is 0 Å². The molecule has 8 heteroatoms. The predicted octanol–water partition coefficient (Wildman–Crippen LogP) is 4.62. The Balaban J connectivity index is 1.37. The molecule has 2 N–H and O–H groups in total. The van der Waals surface area contributed by atoms with E-state index in [1.165, 1.54) is 0 Å². The van der Waals surface area contributed by atoms with Gasteiger partial charge < -0.3 is 15.1 Å². The maximum Gasteiger partial charge on any atom is 0.332 e. The summed E-state index contributed by atoms with van der Waals surface area (Å²) < 4.78 is 1.79. The molecule has 1 atom stereocenters. The fourth-order valence-electron chi connectivity index (χ4n) is 4.47. The van der Waals surface area contributed by atoms with Crippen molar-refractivity contribution >= 4 is 22.9 Å². The molecule has 0 saturated heterocycles. The van der Waals surface area contributed by atoms with Gasteiger partial charge in [0.1, 0.15) is 5.52 Å². The Bertz CT molecular complexity index is 1570. The van der Waals surface area contributed by atoms with Gasteiger partial charge in [0.15, 0.2) is 6.10 Å². The molecule has 8 nitrogen and oxygen atoms in total. The number of aliphatic hydroxyl groups is 1. The number of amides is 1. The van der Waals surface area contributed by atoms with Crippen LogP contribution in [-0.4, -0.2) is 54.6 Å². The molecule has 0 saturated carbocycles. The van der Waals surface area contributed by atoms with E-state index in [1.807, 2.05) is 91.0 Å². The largest absolute Gasteiger partial charge is 0.479 e. The van der Waals surface area contributed by atoms with Gasteiger partial charge in [-0.3, -0.25) is 4.79 Å². The molecule has 4 aromatic carbocycles. The smallest absolute Gasteiger partial charge is 0.332 e. The van der Waals surface area contributed by atoms with Gasteiger partial charge in [0, 0.05) is 25.1 Å². The number of fused-ring (bicyclic) bond motifs is 1. The number of carboxylic acids is 1. The first-order valence-electron chi connectivity index (χ1n) is 12.7. The third kappa shape index (κ3) is 6.19. The zero-order valence-electron chi connectivity index (χ0n) is 21.2. The van der Waals surface area contributed by atoms with Gasteiger partial charge in [0.2, 0.25) is 0 Å². The number of carbonyl (C=O) groups excluding carboxylic acids is 1. The minimum absolute atomic E-state index is 0.0749. The first-order valence-corrected chi connectivity index (χ1v) is 12.7. The van der Waals surface area contributed by atoms with Crippen molar-refractivity contribution in [1.29, 1.82) is 0 Å². The second-order valence-electron chi connectivity index (χ2n) is 9.37. The van der Waals surface area contributed by atoms with E-state index >= 15 is 0 Å². The van der Waals surface area contributed by atoms with Crippen LogP contribution in [0.25, 0.3) is 22.2 Å². The number of hydrogen-bond donors (Lipinski definition) is 2. The number of benzene rings is 4. The van der Waals surface area contributed by atoms with Crippen molar-refractivity contribution in [2.24, 2.45) is 0 Å². The molecule has 0 unspecified atom stereocenters. The summed E-state index contributed by atoms with van der Waals surface area (Å²) in [4.78, 5) is 26.3. The molecule has 0 spiro atoms. The number of aliphatic hydroxyl groups excluding tert-OH is 1. The van der Waals surface area contributed by atoms with Crippen molar-refractivity contribution in [2.45, 2.75) is 25.6 Å². The third-order valence-electron chi connectivity index (χ3n) is 6.62. The van der Waals surface area contributed by atoms with E-state index in [4.69, 9.17) is 5.11 Å². The maximum absolute atomic E-state index is 13.6. The molecule has 0 radical (unpaired) electrons. The molecular weight excluding hydrogens is 492 g/mol. The maximum atomic E-state index is 13.6. The van der Waals surface area contributed by atoms with Crippen LogP contribution in [0.3, 0.4) is 0 Å². The molecular formula is C31H28N4O4. The highest BCUT2D eigenvalue weighted by Gasteiger charge is 2.21. The second-order valence-corrected chi connectivity index (χ2v) is 9.37. The number of carbonyl (C=O) groups is 2. The number of hydrogen-bond acceptors (Lipinski definition) is 5. The molecule has 0 fully saturated rings. The van der Waals surface area contributed by atoms with E-state index in [9.17, 15) is 14.7 Å². The van der Waals surface area contributed by atoms with Crippen LogP contribution in [0.5, 0.6) is 0 Å². The lowest BCUT2D eigenvalue weighted by molar-refractivity contribution is -0.147. The quantitative estimate of drug-likeness (QED) is 0.278. The summed E-state index contributed by atoms with van der Waals surface area (Å²) in [6, 6.07) is 33.1. The zero-order chi connectivity index (χ0) is 27.2. The fraction of sp³-hybridized carbons (Fsp3) is 0.161. The van der Waals surface area contributed by atoms with E-state index in [1.54, 1.807) is 21.7 Å². The number of aromatic nitrogens is 3. The van der Waals surface area contributed by atoms with Gasteiger partial charge in [-0.2, -0.15) is 0 Å². The van der Waals surface area contributed by atoms with Crippen LogP contribution in [0.1, 0.15) is 27.9 Å². The summed E-state index contributed by atoms with van der Waals surface area (Å²) >= 11 is 0. The van der Waals surface area contributed by atoms with Crippen molar-refractivity contribution < 1.29 is 19.8 Å². The van der Waals surface area contributed by atoms with Crippen LogP contribution < -0.4 is 0 Å². The molecule has 1 aromatic heterocycles. The van der Waals surface area contributed by atoms with Gasteiger partial charge in [-0.1, -0.05) is 90.1 Å². The third-order valence-corrected chi connectivity index (χ3v) is 6.62. The monoisotopic (exact) mass is 520 g/mol. The molecule has 1 amide bonds. The van der Waals surface area contributed by atoms with Crippen LogP contribution in [0.15, 0.2) is 103 Å². The lowest BCUT2D eigenvalue weighted by Crippen LogP contribution is -2.34. The number of nitrogens with zero attached hydrogens (tertiary/aromatic N) is 4. The molecule has 0 bridgehead atoms. The SMILES string of the molecule is O=C(O)[C@H](O)CCN(Cc1ccc(-c2ccccc2)cc1)C(=O)c1ccc2c(c1)nnn2Cc1ccccc1. The highest BCUT2D eigenvalue weighted by Crippen LogP contribution is 2.21. The van der Waals surface area contributed by atoms with Crippen LogP contribution in [0, 0.1) is 0 Å². The molecule has 5 aromatic rings. The van der Waals surface area contributed by atoms with Crippen molar-refractivity contribution in [3.63, 3.8) is 0 Å². The van der Waals surface area contributed by atoms with Crippen LogP contribution in [-0.2, 0) is 17.9 Å². The Kier molecular flexibility index (Phi) is 7.75. The number of rotatable bonds is 10. The lowest BCUT2D eigenvalue weighted by atomic mass is 10.0. The van der Waals surface area contributed by atoms with Gasteiger partial charge in [-0.05, 0) is 40.5 Å².